The van der Waals surface area contributed by atoms with Gasteiger partial charge in [0.15, 0.2) is 0 Å². The molecule has 0 amide bonds. The highest BCUT2D eigenvalue weighted by atomic mass is 35.5. The number of hydrogen-bond donors (Lipinski definition) is 2. The number of piperidine rings is 1. The molecule has 0 radical (unpaired) electrons. The van der Waals surface area contributed by atoms with Gasteiger partial charge in [0, 0.05) is 19.7 Å². The quantitative estimate of drug-likeness (QED) is 0.621. The molecule has 1 aliphatic heterocycles. The third-order valence-electron chi connectivity index (χ3n) is 2.87. The van der Waals surface area contributed by atoms with E-state index in [0.29, 0.717) is 17.9 Å². The third-order valence-corrected chi connectivity index (χ3v) is 2.87. The van der Waals surface area contributed by atoms with Crippen LogP contribution >= 0.6 is 12.4 Å². The van der Waals surface area contributed by atoms with Crippen molar-refractivity contribution in [2.45, 2.75) is 19.3 Å². The van der Waals surface area contributed by atoms with E-state index in [1.807, 2.05) is 0 Å². The molecule has 1 atom stereocenters. The van der Waals surface area contributed by atoms with Gasteiger partial charge in [-0.1, -0.05) is 0 Å². The van der Waals surface area contributed by atoms with Crippen molar-refractivity contribution in [1.29, 1.82) is 0 Å². The zero-order chi connectivity index (χ0) is 7.03. The molecule has 2 aliphatic rings. The van der Waals surface area contributed by atoms with Crippen LogP contribution in [0.2, 0.25) is 0 Å². The maximum atomic E-state index is 8.91. The fraction of sp³-hybridized carbons (Fsp3) is 1.00. The highest BCUT2D eigenvalue weighted by Gasteiger charge is 2.45. The largest absolute Gasteiger partial charge is 0.396 e. The Balaban J connectivity index is 0.000000605. The van der Waals surface area contributed by atoms with Crippen LogP contribution in [0.1, 0.15) is 19.3 Å². The lowest BCUT2D eigenvalue weighted by molar-refractivity contribution is 0.164. The summed E-state index contributed by atoms with van der Waals surface area (Å²) in [4.78, 5) is 0. The first kappa shape index (κ1) is 9.30. The van der Waals surface area contributed by atoms with Gasteiger partial charge in [-0.2, -0.15) is 0 Å². The first-order valence-electron chi connectivity index (χ1n) is 4.16. The highest BCUT2D eigenvalue weighted by molar-refractivity contribution is 5.85. The van der Waals surface area contributed by atoms with Gasteiger partial charge in [0.05, 0.1) is 0 Å². The minimum absolute atomic E-state index is 0. The molecular weight excluding hydrogens is 162 g/mol. The zero-order valence-corrected chi connectivity index (χ0v) is 7.49. The second-order valence-corrected chi connectivity index (χ2v) is 3.88. The van der Waals surface area contributed by atoms with Gasteiger partial charge in [-0.3, -0.25) is 0 Å². The SMILES string of the molecule is Cl.OCC1CNCC2(CC2)C1. The van der Waals surface area contributed by atoms with Crippen molar-refractivity contribution in [2.24, 2.45) is 11.3 Å². The van der Waals surface area contributed by atoms with Crippen LogP contribution in [0.5, 0.6) is 0 Å². The van der Waals surface area contributed by atoms with E-state index >= 15 is 0 Å². The van der Waals surface area contributed by atoms with E-state index in [1.54, 1.807) is 0 Å². The smallest absolute Gasteiger partial charge is 0.0471 e. The van der Waals surface area contributed by atoms with Crippen LogP contribution in [0.3, 0.4) is 0 Å². The molecule has 66 valence electrons. The van der Waals surface area contributed by atoms with Gasteiger partial charge in [0.2, 0.25) is 0 Å². The standard InChI is InChI=1S/C8H15NO.ClH/c10-5-7-3-8(1-2-8)6-9-4-7;/h7,9-10H,1-6H2;1H. The maximum Gasteiger partial charge on any atom is 0.0471 e. The van der Waals surface area contributed by atoms with Crippen molar-refractivity contribution in [3.63, 3.8) is 0 Å². The molecule has 2 fully saturated rings. The molecule has 0 bridgehead atoms. The van der Waals surface area contributed by atoms with Crippen molar-refractivity contribution in [3.8, 4) is 0 Å². The normalized spacial score (nSPS) is 33.0. The van der Waals surface area contributed by atoms with Crippen molar-refractivity contribution in [3.05, 3.63) is 0 Å². The topological polar surface area (TPSA) is 32.3 Å². The van der Waals surface area contributed by atoms with Crippen LogP contribution in [0.15, 0.2) is 0 Å². The Morgan fingerprint density at radius 2 is 2.18 bits per heavy atom. The molecule has 2 N–H and O–H groups in total. The van der Waals surface area contributed by atoms with Crippen LogP contribution in [-0.2, 0) is 0 Å². The molecule has 0 aromatic carbocycles. The summed E-state index contributed by atoms with van der Waals surface area (Å²) < 4.78 is 0. The van der Waals surface area contributed by atoms with Gasteiger partial charge in [0.25, 0.3) is 0 Å². The van der Waals surface area contributed by atoms with E-state index in [2.05, 4.69) is 5.32 Å². The molecule has 1 saturated heterocycles. The number of halogens is 1. The summed E-state index contributed by atoms with van der Waals surface area (Å²) in [7, 11) is 0. The number of aliphatic hydroxyl groups is 1. The van der Waals surface area contributed by atoms with E-state index in [4.69, 9.17) is 5.11 Å². The Hall–Kier alpha value is 0.210. The maximum absolute atomic E-state index is 8.91. The van der Waals surface area contributed by atoms with Crippen LogP contribution in [0, 0.1) is 11.3 Å². The fourth-order valence-electron chi connectivity index (χ4n) is 1.98. The number of aliphatic hydroxyl groups excluding tert-OH is 1. The molecule has 1 aliphatic carbocycles. The first-order chi connectivity index (χ1) is 4.85. The molecule has 11 heavy (non-hydrogen) atoms. The Kier molecular flexibility index (Phi) is 2.79. The Labute approximate surface area is 73.8 Å². The summed E-state index contributed by atoms with van der Waals surface area (Å²) in [5.74, 6) is 0.538. The average molecular weight is 178 g/mol. The lowest BCUT2D eigenvalue weighted by Crippen LogP contribution is -2.38. The first-order valence-corrected chi connectivity index (χ1v) is 4.16. The van der Waals surface area contributed by atoms with Gasteiger partial charge in [0.1, 0.15) is 0 Å². The molecule has 1 heterocycles. The second kappa shape index (κ2) is 3.30. The summed E-state index contributed by atoms with van der Waals surface area (Å²) >= 11 is 0. The van der Waals surface area contributed by atoms with Gasteiger partial charge in [-0.05, 0) is 30.6 Å². The van der Waals surface area contributed by atoms with Crippen molar-refractivity contribution < 1.29 is 5.11 Å². The van der Waals surface area contributed by atoms with Crippen molar-refractivity contribution in [2.75, 3.05) is 19.7 Å². The van der Waals surface area contributed by atoms with Crippen molar-refractivity contribution in [1.82, 2.24) is 5.32 Å². The van der Waals surface area contributed by atoms with E-state index in [-0.39, 0.29) is 12.4 Å². The predicted octanol–water partition coefficient (Wildman–Crippen LogP) is 0.790. The summed E-state index contributed by atoms with van der Waals surface area (Å²) in [5.41, 5.74) is 0.631. The molecule has 2 nitrogen and oxygen atoms in total. The second-order valence-electron chi connectivity index (χ2n) is 3.88. The van der Waals surface area contributed by atoms with Crippen molar-refractivity contribution >= 4 is 12.4 Å². The van der Waals surface area contributed by atoms with Crippen LogP contribution < -0.4 is 5.32 Å². The summed E-state index contributed by atoms with van der Waals surface area (Å²) in [6, 6.07) is 0. The van der Waals surface area contributed by atoms with E-state index in [1.165, 1.54) is 25.8 Å². The van der Waals surface area contributed by atoms with Crippen LogP contribution in [-0.4, -0.2) is 24.8 Å². The molecule has 2 rings (SSSR count). The zero-order valence-electron chi connectivity index (χ0n) is 6.68. The van der Waals surface area contributed by atoms with E-state index in [0.717, 1.165) is 6.54 Å². The van der Waals surface area contributed by atoms with Gasteiger partial charge in [-0.25, -0.2) is 0 Å². The Morgan fingerprint density at radius 1 is 1.45 bits per heavy atom. The molecule has 1 unspecified atom stereocenters. The van der Waals surface area contributed by atoms with E-state index in [9.17, 15) is 0 Å². The molecule has 0 aromatic rings. The van der Waals surface area contributed by atoms with Crippen LogP contribution in [0.25, 0.3) is 0 Å². The Bertz CT molecular complexity index is 136. The van der Waals surface area contributed by atoms with Gasteiger partial charge < -0.3 is 10.4 Å². The average Bonchev–Trinajstić information content (AvgIpc) is 2.70. The molecule has 3 heteroatoms. The number of rotatable bonds is 1. The minimum Gasteiger partial charge on any atom is -0.396 e. The van der Waals surface area contributed by atoms with Crippen LogP contribution in [0.4, 0.5) is 0 Å². The lowest BCUT2D eigenvalue weighted by atomic mass is 9.89. The van der Waals surface area contributed by atoms with E-state index < -0.39 is 0 Å². The monoisotopic (exact) mass is 177 g/mol. The van der Waals surface area contributed by atoms with Gasteiger partial charge >= 0.3 is 0 Å². The summed E-state index contributed by atoms with van der Waals surface area (Å²) in [5, 5.41) is 12.3. The third kappa shape index (κ3) is 1.86. The lowest BCUT2D eigenvalue weighted by Gasteiger charge is -2.28. The minimum atomic E-state index is 0. The molecular formula is C8H16ClNO. The van der Waals surface area contributed by atoms with Gasteiger partial charge in [-0.15, -0.1) is 12.4 Å². The highest BCUT2D eigenvalue weighted by Crippen LogP contribution is 2.51. The Morgan fingerprint density at radius 3 is 2.73 bits per heavy atom. The summed E-state index contributed by atoms with van der Waals surface area (Å²) in [6.07, 6.45) is 4.03. The predicted molar refractivity (Wildman–Crippen MR) is 47.0 cm³/mol. The fourth-order valence-corrected chi connectivity index (χ4v) is 1.98. The molecule has 0 aromatic heterocycles. The number of hydrogen-bond acceptors (Lipinski definition) is 2. The summed E-state index contributed by atoms with van der Waals surface area (Å²) in [6.45, 7) is 2.59. The number of nitrogens with one attached hydrogen (secondary N) is 1. The molecule has 1 spiro atoms. The molecule has 1 saturated carbocycles.